The molecule has 1 amide bonds. The van der Waals surface area contributed by atoms with Crippen molar-refractivity contribution in [3.63, 3.8) is 0 Å². The van der Waals surface area contributed by atoms with E-state index in [1.54, 1.807) is 36.0 Å². The van der Waals surface area contributed by atoms with Gasteiger partial charge in [0.2, 0.25) is 5.91 Å². The summed E-state index contributed by atoms with van der Waals surface area (Å²) in [6.07, 6.45) is 0. The molecule has 116 valence electrons. The maximum atomic E-state index is 12.2. The van der Waals surface area contributed by atoms with Gasteiger partial charge >= 0.3 is 5.97 Å². The van der Waals surface area contributed by atoms with E-state index >= 15 is 0 Å². The van der Waals surface area contributed by atoms with Crippen LogP contribution >= 0.6 is 11.8 Å². The highest BCUT2D eigenvalue weighted by atomic mass is 32.2. The van der Waals surface area contributed by atoms with E-state index in [9.17, 15) is 14.7 Å². The van der Waals surface area contributed by atoms with E-state index in [2.05, 4.69) is 5.32 Å². The van der Waals surface area contributed by atoms with Crippen molar-refractivity contribution >= 4 is 23.6 Å². The number of amides is 1. The van der Waals surface area contributed by atoms with Gasteiger partial charge in [-0.05, 0) is 17.2 Å². The Hall–Kier alpha value is -1.49. The molecule has 4 nitrogen and oxygen atoms in total. The van der Waals surface area contributed by atoms with Gasteiger partial charge in [-0.2, -0.15) is 0 Å². The van der Waals surface area contributed by atoms with Crippen LogP contribution < -0.4 is 5.32 Å². The molecule has 1 rings (SSSR count). The highest BCUT2D eigenvalue weighted by Gasteiger charge is 2.25. The topological polar surface area (TPSA) is 66.4 Å². The summed E-state index contributed by atoms with van der Waals surface area (Å²) in [5.41, 5.74) is 0.703. The van der Waals surface area contributed by atoms with E-state index < -0.39 is 11.9 Å². The van der Waals surface area contributed by atoms with Gasteiger partial charge in [-0.3, -0.25) is 9.59 Å². The third-order valence-electron chi connectivity index (χ3n) is 3.19. The Bertz CT molecular complexity index is 462. The Morgan fingerprint density at radius 3 is 2.33 bits per heavy atom. The summed E-state index contributed by atoms with van der Waals surface area (Å²) in [6, 6.07) is 8.99. The fourth-order valence-electron chi connectivity index (χ4n) is 2.09. The molecule has 0 fully saturated rings. The SMILES string of the molecule is CCS[C@H](C(=O)NC[C@@H](C(=O)O)c1ccccc1)C(C)C. The van der Waals surface area contributed by atoms with E-state index in [-0.39, 0.29) is 23.6 Å². The molecule has 5 heteroatoms. The minimum absolute atomic E-state index is 0.0842. The first-order valence-corrected chi connectivity index (χ1v) is 8.19. The van der Waals surface area contributed by atoms with Crippen molar-refractivity contribution in [1.29, 1.82) is 0 Å². The predicted octanol–water partition coefficient (Wildman–Crippen LogP) is 2.75. The first-order chi connectivity index (χ1) is 9.97. The van der Waals surface area contributed by atoms with Crippen molar-refractivity contribution in [2.45, 2.75) is 31.9 Å². The number of carboxylic acids is 1. The van der Waals surface area contributed by atoms with E-state index in [1.807, 2.05) is 26.8 Å². The number of carboxylic acid groups (broad SMARTS) is 1. The quantitative estimate of drug-likeness (QED) is 0.775. The molecule has 0 unspecified atom stereocenters. The Morgan fingerprint density at radius 1 is 1.24 bits per heavy atom. The predicted molar refractivity (Wildman–Crippen MR) is 86.6 cm³/mol. The molecule has 2 atom stereocenters. The monoisotopic (exact) mass is 309 g/mol. The highest BCUT2D eigenvalue weighted by Crippen LogP contribution is 2.20. The van der Waals surface area contributed by atoms with Gasteiger partial charge in [0, 0.05) is 6.54 Å². The zero-order valence-electron chi connectivity index (χ0n) is 12.7. The fourth-order valence-corrected chi connectivity index (χ4v) is 3.07. The number of hydrogen-bond acceptors (Lipinski definition) is 3. The van der Waals surface area contributed by atoms with Gasteiger partial charge in [0.15, 0.2) is 0 Å². The number of aliphatic carboxylic acids is 1. The molecular formula is C16H23NO3S. The molecule has 1 aromatic rings. The van der Waals surface area contributed by atoms with Crippen LogP contribution in [0.15, 0.2) is 30.3 Å². The summed E-state index contributed by atoms with van der Waals surface area (Å²) >= 11 is 1.59. The number of hydrogen-bond donors (Lipinski definition) is 2. The summed E-state index contributed by atoms with van der Waals surface area (Å²) < 4.78 is 0. The number of carbonyl (C=O) groups is 2. The van der Waals surface area contributed by atoms with Crippen LogP contribution in [-0.2, 0) is 9.59 Å². The molecule has 0 aliphatic rings. The standard InChI is InChI=1S/C16H23NO3S/c1-4-21-14(11(2)3)15(18)17-10-13(16(19)20)12-8-6-5-7-9-12/h5-9,11,13-14H,4,10H2,1-3H3,(H,17,18)(H,19,20)/t13-,14+/m1/s1. The lowest BCUT2D eigenvalue weighted by Gasteiger charge is -2.21. The van der Waals surface area contributed by atoms with Crippen LogP contribution in [0, 0.1) is 5.92 Å². The molecule has 0 spiro atoms. The molecule has 2 N–H and O–H groups in total. The van der Waals surface area contributed by atoms with E-state index in [0.29, 0.717) is 5.56 Å². The summed E-state index contributed by atoms with van der Waals surface area (Å²) in [5.74, 6) is -0.647. The van der Waals surface area contributed by atoms with Crippen molar-refractivity contribution in [3.8, 4) is 0 Å². The molecule has 0 radical (unpaired) electrons. The zero-order chi connectivity index (χ0) is 15.8. The number of thioether (sulfide) groups is 1. The summed E-state index contributed by atoms with van der Waals surface area (Å²) in [7, 11) is 0. The zero-order valence-corrected chi connectivity index (χ0v) is 13.5. The molecule has 21 heavy (non-hydrogen) atoms. The molecule has 1 aromatic carbocycles. The normalized spacial score (nSPS) is 13.7. The van der Waals surface area contributed by atoms with Crippen molar-refractivity contribution in [3.05, 3.63) is 35.9 Å². The molecule has 0 aromatic heterocycles. The second-order valence-electron chi connectivity index (χ2n) is 5.17. The van der Waals surface area contributed by atoms with Gasteiger partial charge < -0.3 is 10.4 Å². The lowest BCUT2D eigenvalue weighted by molar-refractivity contribution is -0.138. The van der Waals surface area contributed by atoms with Gasteiger partial charge in [-0.1, -0.05) is 51.1 Å². The van der Waals surface area contributed by atoms with Gasteiger partial charge in [0.05, 0.1) is 11.2 Å². The largest absolute Gasteiger partial charge is 0.481 e. The fraction of sp³-hybridized carbons (Fsp3) is 0.500. The van der Waals surface area contributed by atoms with Gasteiger partial charge in [0.25, 0.3) is 0 Å². The van der Waals surface area contributed by atoms with Gasteiger partial charge in [-0.25, -0.2) is 0 Å². The second kappa shape index (κ2) is 8.72. The first kappa shape index (κ1) is 17.6. The van der Waals surface area contributed by atoms with E-state index in [1.165, 1.54) is 0 Å². The molecule has 0 aliphatic carbocycles. The third-order valence-corrected chi connectivity index (χ3v) is 4.64. The Labute approximate surface area is 130 Å². The molecule has 0 saturated carbocycles. The van der Waals surface area contributed by atoms with E-state index in [4.69, 9.17) is 0 Å². The minimum atomic E-state index is -0.925. The van der Waals surface area contributed by atoms with Crippen LogP contribution in [0.2, 0.25) is 0 Å². The lowest BCUT2D eigenvalue weighted by Crippen LogP contribution is -2.39. The average molecular weight is 309 g/mol. The van der Waals surface area contributed by atoms with Gasteiger partial charge in [-0.15, -0.1) is 11.8 Å². The average Bonchev–Trinajstić information content (AvgIpc) is 2.45. The Morgan fingerprint density at radius 2 is 1.86 bits per heavy atom. The summed E-state index contributed by atoms with van der Waals surface area (Å²) in [4.78, 5) is 23.6. The third kappa shape index (κ3) is 5.42. The van der Waals surface area contributed by atoms with Crippen molar-refractivity contribution in [2.75, 3.05) is 12.3 Å². The lowest BCUT2D eigenvalue weighted by atomic mass is 9.99. The Kier molecular flexibility index (Phi) is 7.29. The Balaban J connectivity index is 2.69. The second-order valence-corrected chi connectivity index (χ2v) is 6.59. The van der Waals surface area contributed by atoms with Crippen LogP contribution in [0.1, 0.15) is 32.3 Å². The van der Waals surface area contributed by atoms with Gasteiger partial charge in [0.1, 0.15) is 0 Å². The smallest absolute Gasteiger partial charge is 0.312 e. The van der Waals surface area contributed by atoms with Crippen LogP contribution in [0.4, 0.5) is 0 Å². The highest BCUT2D eigenvalue weighted by molar-refractivity contribution is 8.00. The van der Waals surface area contributed by atoms with Crippen LogP contribution in [0.3, 0.4) is 0 Å². The number of rotatable bonds is 8. The summed E-state index contributed by atoms with van der Waals surface area (Å²) in [6.45, 7) is 6.13. The van der Waals surface area contributed by atoms with Crippen molar-refractivity contribution < 1.29 is 14.7 Å². The molecule has 0 saturated heterocycles. The first-order valence-electron chi connectivity index (χ1n) is 7.14. The number of benzene rings is 1. The van der Waals surface area contributed by atoms with Crippen molar-refractivity contribution in [2.24, 2.45) is 5.92 Å². The summed E-state index contributed by atoms with van der Waals surface area (Å²) in [5, 5.41) is 12.0. The number of carbonyl (C=O) groups excluding carboxylic acids is 1. The van der Waals surface area contributed by atoms with Crippen LogP contribution in [0.25, 0.3) is 0 Å². The molecule has 0 aliphatic heterocycles. The molecular weight excluding hydrogens is 286 g/mol. The van der Waals surface area contributed by atoms with Crippen LogP contribution in [-0.4, -0.2) is 34.5 Å². The molecule has 0 bridgehead atoms. The van der Waals surface area contributed by atoms with E-state index in [0.717, 1.165) is 5.75 Å². The maximum absolute atomic E-state index is 12.2. The van der Waals surface area contributed by atoms with Crippen molar-refractivity contribution in [1.82, 2.24) is 5.32 Å². The number of nitrogens with one attached hydrogen (secondary N) is 1. The molecule has 0 heterocycles. The maximum Gasteiger partial charge on any atom is 0.312 e. The minimum Gasteiger partial charge on any atom is -0.481 e. The van der Waals surface area contributed by atoms with Crippen LogP contribution in [0.5, 0.6) is 0 Å².